The van der Waals surface area contributed by atoms with Gasteiger partial charge in [-0.25, -0.2) is 0 Å². The molecule has 0 bridgehead atoms. The van der Waals surface area contributed by atoms with Crippen LogP contribution in [-0.4, -0.2) is 0 Å². The molecule has 0 amide bonds. The molecule has 1 nitrogen and oxygen atoms in total. The van der Waals surface area contributed by atoms with E-state index in [0.29, 0.717) is 6.04 Å². The molecule has 0 aromatic heterocycles. The zero-order valence-corrected chi connectivity index (χ0v) is 16.2. The topological polar surface area (TPSA) is 12.0 Å². The van der Waals surface area contributed by atoms with Crippen molar-refractivity contribution in [1.29, 1.82) is 0 Å². The van der Waals surface area contributed by atoms with E-state index >= 15 is 0 Å². The van der Waals surface area contributed by atoms with E-state index in [0.717, 1.165) is 6.54 Å². The average Bonchev–Trinajstić information content (AvgIpc) is 2.77. The van der Waals surface area contributed by atoms with Crippen molar-refractivity contribution in [3.8, 4) is 0 Å². The van der Waals surface area contributed by atoms with Crippen LogP contribution < -0.4 is 5.32 Å². The monoisotopic (exact) mass is 363 g/mol. The smallest absolute Gasteiger partial charge is 0.0301 e. The summed E-state index contributed by atoms with van der Waals surface area (Å²) in [6.45, 7) is 3.09. The predicted molar refractivity (Wildman–Crippen MR) is 121 cm³/mol. The molecule has 1 N–H and O–H groups in total. The zero-order valence-electron chi connectivity index (χ0n) is 16.2. The summed E-state index contributed by atoms with van der Waals surface area (Å²) in [7, 11) is 0. The molecule has 0 fully saturated rings. The molecule has 4 aromatic rings. The Morgan fingerprint density at radius 2 is 1.32 bits per heavy atom. The second-order valence-corrected chi connectivity index (χ2v) is 7.16. The molecular weight excluding hydrogens is 338 g/mol. The molecule has 1 atom stereocenters. The van der Waals surface area contributed by atoms with Gasteiger partial charge in [-0.2, -0.15) is 0 Å². The van der Waals surface area contributed by atoms with Crippen molar-refractivity contribution in [2.45, 2.75) is 19.5 Å². The van der Waals surface area contributed by atoms with Gasteiger partial charge >= 0.3 is 0 Å². The maximum atomic E-state index is 3.67. The van der Waals surface area contributed by atoms with E-state index in [-0.39, 0.29) is 0 Å². The van der Waals surface area contributed by atoms with Crippen molar-refractivity contribution < 1.29 is 0 Å². The lowest BCUT2D eigenvalue weighted by Gasteiger charge is -2.17. The lowest BCUT2D eigenvalue weighted by atomic mass is 9.99. The molecule has 4 aromatic carbocycles. The Morgan fingerprint density at radius 3 is 2.11 bits per heavy atom. The summed E-state index contributed by atoms with van der Waals surface area (Å²) in [5.74, 6) is 0. The highest BCUT2D eigenvalue weighted by Crippen LogP contribution is 2.24. The largest absolute Gasteiger partial charge is 0.306 e. The zero-order chi connectivity index (χ0) is 19.2. The summed E-state index contributed by atoms with van der Waals surface area (Å²) < 4.78 is 0. The van der Waals surface area contributed by atoms with Crippen LogP contribution in [0.3, 0.4) is 0 Å². The molecule has 0 saturated carbocycles. The van der Waals surface area contributed by atoms with Gasteiger partial charge < -0.3 is 5.32 Å². The van der Waals surface area contributed by atoms with E-state index in [1.807, 2.05) is 6.07 Å². The minimum atomic E-state index is 0.295. The molecule has 0 radical (unpaired) electrons. The van der Waals surface area contributed by atoms with Gasteiger partial charge in [0.1, 0.15) is 0 Å². The molecule has 0 aliphatic heterocycles. The van der Waals surface area contributed by atoms with Crippen LogP contribution in [0.25, 0.3) is 22.9 Å². The van der Waals surface area contributed by atoms with Gasteiger partial charge in [-0.3, -0.25) is 0 Å². The molecule has 0 aliphatic carbocycles. The van der Waals surface area contributed by atoms with Crippen LogP contribution in [0.15, 0.2) is 97.1 Å². The van der Waals surface area contributed by atoms with Gasteiger partial charge in [0.05, 0.1) is 0 Å². The highest BCUT2D eigenvalue weighted by molar-refractivity contribution is 5.86. The molecule has 0 unspecified atom stereocenters. The molecule has 0 heterocycles. The van der Waals surface area contributed by atoms with Crippen molar-refractivity contribution in [3.05, 3.63) is 119 Å². The van der Waals surface area contributed by atoms with Crippen LogP contribution in [0.4, 0.5) is 0 Å². The Hall–Kier alpha value is -3.16. The maximum Gasteiger partial charge on any atom is 0.0301 e. The number of benzene rings is 4. The number of hydrogen-bond donors (Lipinski definition) is 1. The Labute approximate surface area is 167 Å². The van der Waals surface area contributed by atoms with Crippen LogP contribution in [0.1, 0.15) is 35.2 Å². The van der Waals surface area contributed by atoms with E-state index in [1.165, 1.54) is 33.0 Å². The maximum absolute atomic E-state index is 3.67. The summed E-state index contributed by atoms with van der Waals surface area (Å²) in [5.41, 5.74) is 5.08. The third-order valence-electron chi connectivity index (χ3n) is 5.15. The highest BCUT2D eigenvalue weighted by Gasteiger charge is 2.08. The van der Waals surface area contributed by atoms with E-state index in [1.54, 1.807) is 0 Å². The average molecular weight is 364 g/mol. The summed E-state index contributed by atoms with van der Waals surface area (Å²) in [6, 6.07) is 34.6. The first-order chi connectivity index (χ1) is 13.8. The van der Waals surface area contributed by atoms with Gasteiger partial charge in [0, 0.05) is 12.6 Å². The standard InChI is InChI=1S/C27H25N/c1-21(26-13-7-11-25-10-5-6-12-27(25)26)28-20-24-18-16-23(17-19-24)15-14-22-8-3-2-4-9-22/h2-19,21,28H,20H2,1H3/b15-14+/t21-/m0/s1. The number of hydrogen-bond acceptors (Lipinski definition) is 1. The summed E-state index contributed by atoms with van der Waals surface area (Å²) in [6.07, 6.45) is 4.31. The molecule has 28 heavy (non-hydrogen) atoms. The lowest BCUT2D eigenvalue weighted by molar-refractivity contribution is 0.578. The normalized spacial score (nSPS) is 12.5. The first-order valence-corrected chi connectivity index (χ1v) is 9.83. The van der Waals surface area contributed by atoms with Crippen molar-refractivity contribution in [2.75, 3.05) is 0 Å². The van der Waals surface area contributed by atoms with Crippen LogP contribution in [0, 0.1) is 0 Å². The molecule has 0 saturated heterocycles. The van der Waals surface area contributed by atoms with Crippen molar-refractivity contribution in [2.24, 2.45) is 0 Å². The first kappa shape index (κ1) is 18.2. The Balaban J connectivity index is 1.40. The molecule has 4 rings (SSSR count). The van der Waals surface area contributed by atoms with E-state index in [9.17, 15) is 0 Å². The Morgan fingerprint density at radius 1 is 0.679 bits per heavy atom. The lowest BCUT2D eigenvalue weighted by Crippen LogP contribution is -2.18. The third kappa shape index (κ3) is 4.39. The van der Waals surface area contributed by atoms with Gasteiger partial charge in [-0.15, -0.1) is 0 Å². The summed E-state index contributed by atoms with van der Waals surface area (Å²) in [4.78, 5) is 0. The second kappa shape index (κ2) is 8.69. The predicted octanol–water partition coefficient (Wildman–Crippen LogP) is 6.86. The van der Waals surface area contributed by atoms with Crippen LogP contribution in [-0.2, 0) is 6.54 Å². The van der Waals surface area contributed by atoms with Crippen LogP contribution in [0.2, 0.25) is 0 Å². The van der Waals surface area contributed by atoms with Crippen molar-refractivity contribution in [3.63, 3.8) is 0 Å². The highest BCUT2D eigenvalue weighted by atomic mass is 14.9. The number of rotatable bonds is 6. The number of fused-ring (bicyclic) bond motifs is 1. The van der Waals surface area contributed by atoms with Crippen molar-refractivity contribution in [1.82, 2.24) is 5.32 Å². The van der Waals surface area contributed by atoms with Crippen LogP contribution >= 0.6 is 0 Å². The quantitative estimate of drug-likeness (QED) is 0.369. The van der Waals surface area contributed by atoms with Gasteiger partial charge in [-0.05, 0) is 39.9 Å². The third-order valence-corrected chi connectivity index (χ3v) is 5.15. The minimum Gasteiger partial charge on any atom is -0.306 e. The van der Waals surface area contributed by atoms with Gasteiger partial charge in [0.25, 0.3) is 0 Å². The fraction of sp³-hybridized carbons (Fsp3) is 0.111. The molecule has 0 spiro atoms. The number of nitrogens with one attached hydrogen (secondary N) is 1. The molecule has 0 aliphatic rings. The Kier molecular flexibility index (Phi) is 5.65. The molecular formula is C27H25N. The van der Waals surface area contributed by atoms with Gasteiger partial charge in [-0.1, -0.05) is 109 Å². The van der Waals surface area contributed by atoms with Gasteiger partial charge in [0.2, 0.25) is 0 Å². The van der Waals surface area contributed by atoms with Crippen molar-refractivity contribution >= 4 is 22.9 Å². The SMILES string of the molecule is C[C@H](NCc1ccc(/C=C/c2ccccc2)cc1)c1cccc2ccccc12. The van der Waals surface area contributed by atoms with E-state index < -0.39 is 0 Å². The fourth-order valence-corrected chi connectivity index (χ4v) is 3.51. The summed E-state index contributed by atoms with van der Waals surface area (Å²) in [5, 5.41) is 6.29. The Bertz CT molecular complexity index is 1060. The molecule has 138 valence electrons. The fourth-order valence-electron chi connectivity index (χ4n) is 3.51. The van der Waals surface area contributed by atoms with E-state index in [2.05, 4.69) is 115 Å². The van der Waals surface area contributed by atoms with E-state index in [4.69, 9.17) is 0 Å². The second-order valence-electron chi connectivity index (χ2n) is 7.16. The minimum absolute atomic E-state index is 0.295. The summed E-state index contributed by atoms with van der Waals surface area (Å²) >= 11 is 0. The van der Waals surface area contributed by atoms with Gasteiger partial charge in [0.15, 0.2) is 0 Å². The van der Waals surface area contributed by atoms with Crippen LogP contribution in [0.5, 0.6) is 0 Å². The first-order valence-electron chi connectivity index (χ1n) is 9.83. The molecule has 1 heteroatoms.